The molecule has 0 aliphatic carbocycles. The van der Waals surface area contributed by atoms with Gasteiger partial charge in [0, 0.05) is 20.7 Å². The topological polar surface area (TPSA) is 73.6 Å². The molecular weight excluding hydrogens is 184 g/mol. The molecule has 0 saturated carbocycles. The molecule has 5 heteroatoms. The smallest absolute Gasteiger partial charge is 0.239 e. The molecule has 14 heavy (non-hydrogen) atoms. The maximum absolute atomic E-state index is 11.4. The van der Waals surface area contributed by atoms with E-state index in [1.807, 2.05) is 6.07 Å². The molecular formula is C9H16N2O3. The first-order valence-corrected chi connectivity index (χ1v) is 4.34. The third kappa shape index (κ3) is 4.21. The highest BCUT2D eigenvalue weighted by molar-refractivity contribution is 5.80. The van der Waals surface area contributed by atoms with Crippen LogP contribution in [0.4, 0.5) is 0 Å². The van der Waals surface area contributed by atoms with Crippen LogP contribution in [0.3, 0.4) is 0 Å². The van der Waals surface area contributed by atoms with Crippen molar-refractivity contribution in [1.29, 1.82) is 5.26 Å². The molecule has 0 fully saturated rings. The highest BCUT2D eigenvalue weighted by Crippen LogP contribution is 2.00. The number of carbonyl (C=O) groups is 1. The lowest BCUT2D eigenvalue weighted by Gasteiger charge is -2.21. The van der Waals surface area contributed by atoms with Crippen LogP contribution in [0.5, 0.6) is 0 Å². The maximum Gasteiger partial charge on any atom is 0.239 e. The summed E-state index contributed by atoms with van der Waals surface area (Å²) in [5.74, 6) is -0.961. The van der Waals surface area contributed by atoms with Gasteiger partial charge in [-0.05, 0) is 6.92 Å². The average molecular weight is 200 g/mol. The second-order valence-corrected chi connectivity index (χ2v) is 3.18. The van der Waals surface area contributed by atoms with Crippen LogP contribution < -0.4 is 0 Å². The fourth-order valence-corrected chi connectivity index (χ4v) is 1.04. The van der Waals surface area contributed by atoms with E-state index in [2.05, 4.69) is 0 Å². The summed E-state index contributed by atoms with van der Waals surface area (Å²) in [6.45, 7) is 1.89. The molecule has 0 radical (unpaired) electrons. The summed E-state index contributed by atoms with van der Waals surface area (Å²) in [6.07, 6.45) is -0.708. The molecule has 2 unspecified atom stereocenters. The van der Waals surface area contributed by atoms with Crippen LogP contribution in [0.25, 0.3) is 0 Å². The van der Waals surface area contributed by atoms with E-state index in [1.165, 1.54) is 18.9 Å². The summed E-state index contributed by atoms with van der Waals surface area (Å²) >= 11 is 0. The highest BCUT2D eigenvalue weighted by atomic mass is 16.5. The molecule has 1 amide bonds. The van der Waals surface area contributed by atoms with E-state index < -0.39 is 12.0 Å². The van der Waals surface area contributed by atoms with Gasteiger partial charge in [-0.15, -0.1) is 0 Å². The van der Waals surface area contributed by atoms with E-state index in [0.29, 0.717) is 0 Å². The molecule has 0 aromatic heterocycles. The van der Waals surface area contributed by atoms with Crippen LogP contribution in [0, 0.1) is 17.2 Å². The minimum atomic E-state index is -0.708. The molecule has 0 aliphatic rings. The standard InChI is InChI=1S/C9H16N2O3/c1-7(4-10)9(13)11(2)5-8(12)6-14-3/h7-8,12H,5-6H2,1-3H3. The van der Waals surface area contributed by atoms with Crippen molar-refractivity contribution in [3.05, 3.63) is 0 Å². The summed E-state index contributed by atoms with van der Waals surface area (Å²) < 4.78 is 4.72. The van der Waals surface area contributed by atoms with E-state index in [-0.39, 0.29) is 19.1 Å². The lowest BCUT2D eigenvalue weighted by atomic mass is 10.2. The molecule has 0 rings (SSSR count). The first kappa shape index (κ1) is 12.9. The third-order valence-corrected chi connectivity index (χ3v) is 1.78. The van der Waals surface area contributed by atoms with Gasteiger partial charge in [0.15, 0.2) is 0 Å². The van der Waals surface area contributed by atoms with Gasteiger partial charge in [0.25, 0.3) is 0 Å². The van der Waals surface area contributed by atoms with Gasteiger partial charge in [0.2, 0.25) is 5.91 Å². The van der Waals surface area contributed by atoms with Crippen LogP contribution in [0.1, 0.15) is 6.92 Å². The van der Waals surface area contributed by atoms with Crippen molar-refractivity contribution in [1.82, 2.24) is 4.90 Å². The maximum atomic E-state index is 11.4. The number of nitriles is 1. The van der Waals surface area contributed by atoms with Gasteiger partial charge >= 0.3 is 0 Å². The van der Waals surface area contributed by atoms with Gasteiger partial charge in [0.05, 0.1) is 18.8 Å². The molecule has 5 nitrogen and oxygen atoms in total. The van der Waals surface area contributed by atoms with E-state index in [4.69, 9.17) is 10.00 Å². The molecule has 0 aromatic carbocycles. The Hall–Kier alpha value is -1.12. The number of aliphatic hydroxyl groups is 1. The number of rotatable bonds is 5. The van der Waals surface area contributed by atoms with E-state index in [9.17, 15) is 9.90 Å². The monoisotopic (exact) mass is 200 g/mol. The summed E-state index contributed by atoms with van der Waals surface area (Å²) in [6, 6.07) is 1.85. The Labute approximate surface area is 83.9 Å². The van der Waals surface area contributed by atoms with Crippen LogP contribution in [-0.4, -0.2) is 49.3 Å². The van der Waals surface area contributed by atoms with Crippen molar-refractivity contribution in [3.8, 4) is 6.07 Å². The van der Waals surface area contributed by atoms with Gasteiger partial charge in [0.1, 0.15) is 5.92 Å². The predicted octanol–water partition coefficient (Wildman–Crippen LogP) is -0.388. The lowest BCUT2D eigenvalue weighted by Crippen LogP contribution is -2.38. The van der Waals surface area contributed by atoms with Gasteiger partial charge in [-0.2, -0.15) is 5.26 Å². The number of hydrogen-bond acceptors (Lipinski definition) is 4. The largest absolute Gasteiger partial charge is 0.389 e. The molecule has 1 N–H and O–H groups in total. The van der Waals surface area contributed by atoms with Gasteiger partial charge in [-0.3, -0.25) is 4.79 Å². The molecule has 0 bridgehead atoms. The molecule has 0 aromatic rings. The number of methoxy groups -OCH3 is 1. The Balaban J connectivity index is 4.02. The van der Waals surface area contributed by atoms with Gasteiger partial charge < -0.3 is 14.7 Å². The summed E-state index contributed by atoms with van der Waals surface area (Å²) in [5, 5.41) is 17.8. The van der Waals surface area contributed by atoms with Gasteiger partial charge in [-0.25, -0.2) is 0 Å². The average Bonchev–Trinajstić information content (AvgIpc) is 2.15. The van der Waals surface area contributed by atoms with Gasteiger partial charge in [-0.1, -0.05) is 0 Å². The second kappa shape index (κ2) is 6.35. The first-order chi connectivity index (χ1) is 6.52. The Kier molecular flexibility index (Phi) is 5.84. The van der Waals surface area contributed by atoms with Crippen LogP contribution >= 0.6 is 0 Å². The summed E-state index contributed by atoms with van der Waals surface area (Å²) in [7, 11) is 3.03. The Bertz CT molecular complexity index is 225. The fraction of sp³-hybridized carbons (Fsp3) is 0.778. The van der Waals surface area contributed by atoms with Crippen molar-refractivity contribution in [2.45, 2.75) is 13.0 Å². The lowest BCUT2D eigenvalue weighted by molar-refractivity contribution is -0.133. The number of ether oxygens (including phenoxy) is 1. The number of hydrogen-bond donors (Lipinski definition) is 1. The molecule has 80 valence electrons. The molecule has 0 spiro atoms. The van der Waals surface area contributed by atoms with E-state index >= 15 is 0 Å². The number of nitrogens with zero attached hydrogens (tertiary/aromatic N) is 2. The Morgan fingerprint density at radius 3 is 2.71 bits per heavy atom. The third-order valence-electron chi connectivity index (χ3n) is 1.78. The molecule has 2 atom stereocenters. The second-order valence-electron chi connectivity index (χ2n) is 3.18. The summed E-state index contributed by atoms with van der Waals surface area (Å²) in [4.78, 5) is 12.7. The quantitative estimate of drug-likeness (QED) is 0.656. The van der Waals surface area contributed by atoms with Crippen molar-refractivity contribution in [2.24, 2.45) is 5.92 Å². The normalized spacial score (nSPS) is 14.2. The predicted molar refractivity (Wildman–Crippen MR) is 50.3 cm³/mol. The number of aliphatic hydroxyl groups excluding tert-OH is 1. The van der Waals surface area contributed by atoms with E-state index in [0.717, 1.165) is 0 Å². The summed E-state index contributed by atoms with van der Waals surface area (Å²) in [5.41, 5.74) is 0. The Morgan fingerprint density at radius 2 is 2.29 bits per heavy atom. The number of amides is 1. The van der Waals surface area contributed by atoms with Crippen molar-refractivity contribution < 1.29 is 14.6 Å². The molecule has 0 heterocycles. The number of likely N-dealkylation sites (N-methyl/N-ethyl adjacent to an activating group) is 1. The highest BCUT2D eigenvalue weighted by Gasteiger charge is 2.18. The van der Waals surface area contributed by atoms with Crippen LogP contribution in [-0.2, 0) is 9.53 Å². The van der Waals surface area contributed by atoms with Crippen LogP contribution in [0.2, 0.25) is 0 Å². The van der Waals surface area contributed by atoms with E-state index in [1.54, 1.807) is 7.05 Å². The Morgan fingerprint density at radius 1 is 1.71 bits per heavy atom. The molecule has 0 saturated heterocycles. The zero-order valence-corrected chi connectivity index (χ0v) is 8.73. The fourth-order valence-electron chi connectivity index (χ4n) is 1.04. The zero-order chi connectivity index (χ0) is 11.1. The first-order valence-electron chi connectivity index (χ1n) is 4.34. The SMILES string of the molecule is COCC(O)CN(C)C(=O)C(C)C#N. The van der Waals surface area contributed by atoms with Crippen molar-refractivity contribution >= 4 is 5.91 Å². The zero-order valence-electron chi connectivity index (χ0n) is 8.73. The van der Waals surface area contributed by atoms with Crippen molar-refractivity contribution in [2.75, 3.05) is 27.3 Å². The van der Waals surface area contributed by atoms with Crippen molar-refractivity contribution in [3.63, 3.8) is 0 Å². The van der Waals surface area contributed by atoms with Crippen LogP contribution in [0.15, 0.2) is 0 Å². The minimum absolute atomic E-state index is 0.179. The molecule has 0 aliphatic heterocycles. The number of carbonyl (C=O) groups excluding carboxylic acids is 1. The minimum Gasteiger partial charge on any atom is -0.389 e.